The summed E-state index contributed by atoms with van der Waals surface area (Å²) < 4.78 is 35.5. The number of halogens is 5. The lowest BCUT2D eigenvalue weighted by Gasteiger charge is -2.34. The van der Waals surface area contributed by atoms with Gasteiger partial charge in [-0.25, -0.2) is 8.78 Å². The Morgan fingerprint density at radius 2 is 1.79 bits per heavy atom. The number of rotatable bonds is 7. The maximum atomic E-state index is 15.4. The second-order valence-corrected chi connectivity index (χ2v) is 12.0. The molecule has 11 heteroatoms. The monoisotopic (exact) mass is 719 g/mol. The average Bonchev–Trinajstić information content (AvgIpc) is 2.84. The van der Waals surface area contributed by atoms with Crippen molar-refractivity contribution in [2.45, 2.75) is 38.9 Å². The third-order valence-corrected chi connectivity index (χ3v) is 7.32. The summed E-state index contributed by atoms with van der Waals surface area (Å²) in [5.74, 6) is -2.45. The van der Waals surface area contributed by atoms with Crippen LogP contribution in [0.25, 0.3) is 0 Å². The van der Waals surface area contributed by atoms with Crippen molar-refractivity contribution in [3.05, 3.63) is 89.9 Å². The number of nitrogens with two attached hydrogens (primary N) is 1. The van der Waals surface area contributed by atoms with Gasteiger partial charge in [-0.2, -0.15) is 0 Å². The van der Waals surface area contributed by atoms with E-state index in [9.17, 15) is 14.0 Å². The lowest BCUT2D eigenvalue weighted by Crippen LogP contribution is -2.49. The number of hydrogen-bond donors (Lipinski definition) is 2. The van der Waals surface area contributed by atoms with Crippen LogP contribution in [-0.2, 0) is 11.3 Å². The highest BCUT2D eigenvalue weighted by Crippen LogP contribution is 2.36. The first-order valence-corrected chi connectivity index (χ1v) is 13.6. The summed E-state index contributed by atoms with van der Waals surface area (Å²) in [6.07, 6.45) is 0. The Kier molecular flexibility index (Phi) is 9.64. The van der Waals surface area contributed by atoms with Crippen molar-refractivity contribution in [1.29, 1.82) is 0 Å². The van der Waals surface area contributed by atoms with Crippen molar-refractivity contribution in [2.75, 3.05) is 12.8 Å². The van der Waals surface area contributed by atoms with E-state index in [1.807, 2.05) is 22.6 Å². The molecule has 3 aromatic rings. The van der Waals surface area contributed by atoms with Gasteiger partial charge in [-0.3, -0.25) is 9.59 Å². The molecule has 3 rings (SSSR count). The minimum atomic E-state index is -1.43. The third kappa shape index (κ3) is 6.95. The summed E-state index contributed by atoms with van der Waals surface area (Å²) in [5, 5.41) is 2.90. The number of nitrogen functional groups attached to an aromatic ring is 1. The molecule has 0 aliphatic rings. The van der Waals surface area contributed by atoms with Gasteiger partial charge < -0.3 is 20.7 Å². The number of nitrogens with zero attached hydrogens (tertiary/aromatic N) is 1. The molecule has 38 heavy (non-hydrogen) atoms. The van der Waals surface area contributed by atoms with Crippen molar-refractivity contribution >= 4 is 67.6 Å². The predicted molar refractivity (Wildman–Crippen MR) is 156 cm³/mol. The highest BCUT2D eigenvalue weighted by Gasteiger charge is 2.37. The summed E-state index contributed by atoms with van der Waals surface area (Å²) in [6.45, 7) is 5.14. The van der Waals surface area contributed by atoms with Crippen LogP contribution >= 0.6 is 50.1 Å². The summed E-state index contributed by atoms with van der Waals surface area (Å²) in [4.78, 5) is 29.0. The lowest BCUT2D eigenvalue weighted by atomic mass is 9.99. The van der Waals surface area contributed by atoms with Crippen molar-refractivity contribution in [3.63, 3.8) is 0 Å². The lowest BCUT2D eigenvalue weighted by molar-refractivity contribution is -0.127. The third-order valence-electron chi connectivity index (χ3n) is 5.51. The van der Waals surface area contributed by atoms with E-state index in [2.05, 4.69) is 21.2 Å². The number of hydrogen-bond acceptors (Lipinski definition) is 4. The number of anilines is 1. The van der Waals surface area contributed by atoms with Gasteiger partial charge in [0, 0.05) is 26.2 Å². The maximum absolute atomic E-state index is 15.4. The molecule has 0 heterocycles. The van der Waals surface area contributed by atoms with Gasteiger partial charge in [0.2, 0.25) is 5.91 Å². The number of amides is 2. The quantitative estimate of drug-likeness (QED) is 0.159. The molecule has 1 unspecified atom stereocenters. The van der Waals surface area contributed by atoms with E-state index in [1.165, 1.54) is 19.2 Å². The summed E-state index contributed by atoms with van der Waals surface area (Å²) in [5.41, 5.74) is 5.60. The van der Waals surface area contributed by atoms with Crippen LogP contribution in [0.2, 0.25) is 5.02 Å². The Hall–Kier alpha value is -2.44. The Labute approximate surface area is 247 Å². The molecular weight excluding hydrogens is 695 g/mol. The zero-order valence-corrected chi connectivity index (χ0v) is 25.5. The molecule has 0 spiro atoms. The SMILES string of the molecule is COc1ccc(CN(C(=O)c2c(N)c(I)cc(Br)c2F)C(C(=O)NC(C)(C)C)c2cc(F)ccc2Cl)cc1. The van der Waals surface area contributed by atoms with E-state index in [0.717, 1.165) is 17.0 Å². The van der Waals surface area contributed by atoms with Gasteiger partial charge in [0.05, 0.1) is 17.3 Å². The van der Waals surface area contributed by atoms with E-state index in [1.54, 1.807) is 45.0 Å². The molecule has 3 aromatic carbocycles. The fourth-order valence-electron chi connectivity index (χ4n) is 3.78. The molecule has 0 saturated carbocycles. The summed E-state index contributed by atoms with van der Waals surface area (Å²) in [7, 11) is 1.52. The average molecular weight is 721 g/mol. The van der Waals surface area contributed by atoms with Crippen LogP contribution in [0.4, 0.5) is 14.5 Å². The first-order valence-electron chi connectivity index (χ1n) is 11.4. The maximum Gasteiger partial charge on any atom is 0.260 e. The molecular formula is C27H26BrClF2IN3O3. The van der Waals surface area contributed by atoms with Crippen LogP contribution in [0, 0.1) is 15.2 Å². The zero-order valence-electron chi connectivity index (χ0n) is 21.0. The van der Waals surface area contributed by atoms with Crippen LogP contribution in [0.15, 0.2) is 53.0 Å². The number of carbonyl (C=O) groups excluding carboxylic acids is 2. The number of methoxy groups -OCH3 is 1. The second-order valence-electron chi connectivity index (χ2n) is 9.53. The van der Waals surface area contributed by atoms with Crippen LogP contribution in [0.5, 0.6) is 5.75 Å². The Balaban J connectivity index is 2.28. The van der Waals surface area contributed by atoms with Crippen molar-refractivity contribution < 1.29 is 23.1 Å². The van der Waals surface area contributed by atoms with Gasteiger partial charge in [0.15, 0.2) is 5.82 Å². The molecule has 6 nitrogen and oxygen atoms in total. The normalized spacial score (nSPS) is 12.1. The number of carbonyl (C=O) groups is 2. The van der Waals surface area contributed by atoms with Crippen molar-refractivity contribution in [1.82, 2.24) is 10.2 Å². The van der Waals surface area contributed by atoms with Gasteiger partial charge in [-0.15, -0.1) is 0 Å². The van der Waals surface area contributed by atoms with Gasteiger partial charge in [0.1, 0.15) is 23.2 Å². The Morgan fingerprint density at radius 1 is 1.16 bits per heavy atom. The molecule has 0 aliphatic carbocycles. The van der Waals surface area contributed by atoms with E-state index >= 15 is 4.39 Å². The van der Waals surface area contributed by atoms with E-state index < -0.39 is 40.6 Å². The standard InChI is InChI=1S/C27H26BrClF2IN3O3/c1-27(2,3)34-25(36)24(17-11-15(30)7-10-19(17)29)35(13-14-5-8-16(38-4)9-6-14)26(37)21-22(31)18(28)12-20(32)23(21)33/h5-12,24H,13,33H2,1-4H3,(H,34,36). The second kappa shape index (κ2) is 12.2. The van der Waals surface area contributed by atoms with Gasteiger partial charge in [-0.1, -0.05) is 23.7 Å². The van der Waals surface area contributed by atoms with Gasteiger partial charge in [0.25, 0.3) is 5.91 Å². The van der Waals surface area contributed by atoms with Crippen molar-refractivity contribution in [3.8, 4) is 5.75 Å². The molecule has 3 N–H and O–H groups in total. The van der Waals surface area contributed by atoms with Gasteiger partial charge in [-0.05, 0) is 101 Å². The van der Waals surface area contributed by atoms with E-state index in [0.29, 0.717) is 14.9 Å². The van der Waals surface area contributed by atoms with Crippen LogP contribution < -0.4 is 15.8 Å². The molecule has 0 aromatic heterocycles. The molecule has 0 bridgehead atoms. The van der Waals surface area contributed by atoms with E-state index in [4.69, 9.17) is 22.1 Å². The fourth-order valence-corrected chi connectivity index (χ4v) is 5.44. The molecule has 0 radical (unpaired) electrons. The number of benzene rings is 3. The van der Waals surface area contributed by atoms with Gasteiger partial charge >= 0.3 is 0 Å². The largest absolute Gasteiger partial charge is 0.497 e. The summed E-state index contributed by atoms with van der Waals surface area (Å²) >= 11 is 11.5. The predicted octanol–water partition coefficient (Wildman–Crippen LogP) is 6.87. The Bertz CT molecular complexity index is 1340. The van der Waals surface area contributed by atoms with Crippen molar-refractivity contribution in [2.24, 2.45) is 0 Å². The number of ether oxygens (including phenoxy) is 1. The zero-order chi connectivity index (χ0) is 28.4. The fraction of sp³-hybridized carbons (Fsp3) is 0.259. The number of nitrogens with one attached hydrogen (secondary N) is 1. The van der Waals surface area contributed by atoms with Crippen LogP contribution in [-0.4, -0.2) is 29.4 Å². The molecule has 202 valence electrons. The first-order chi connectivity index (χ1) is 17.7. The Morgan fingerprint density at radius 3 is 2.37 bits per heavy atom. The summed E-state index contributed by atoms with van der Waals surface area (Å²) in [6, 6.07) is 10.3. The molecule has 0 saturated heterocycles. The molecule has 2 amide bonds. The minimum Gasteiger partial charge on any atom is -0.497 e. The smallest absolute Gasteiger partial charge is 0.260 e. The molecule has 0 fully saturated rings. The van der Waals surface area contributed by atoms with E-state index in [-0.39, 0.29) is 27.3 Å². The molecule has 0 aliphatic heterocycles. The highest BCUT2D eigenvalue weighted by molar-refractivity contribution is 14.1. The minimum absolute atomic E-state index is 0.0309. The van der Waals surface area contributed by atoms with Crippen LogP contribution in [0.1, 0.15) is 48.3 Å². The highest BCUT2D eigenvalue weighted by atomic mass is 127. The molecule has 1 atom stereocenters. The van der Waals surface area contributed by atoms with Crippen LogP contribution in [0.3, 0.4) is 0 Å². The first kappa shape index (κ1) is 30.1. The topological polar surface area (TPSA) is 84.7 Å².